The second-order valence-corrected chi connectivity index (χ2v) is 6.67. The first kappa shape index (κ1) is 13.7. The molecule has 21 heavy (non-hydrogen) atoms. The van der Waals surface area contributed by atoms with E-state index in [4.69, 9.17) is 4.74 Å². The minimum Gasteiger partial charge on any atom is -0.497 e. The largest absolute Gasteiger partial charge is 0.497 e. The average Bonchev–Trinajstić information content (AvgIpc) is 2.91. The van der Waals surface area contributed by atoms with Crippen molar-refractivity contribution in [3.8, 4) is 5.75 Å². The molecule has 3 rings (SSSR count). The number of aromatic nitrogens is 1. The van der Waals surface area contributed by atoms with Crippen molar-refractivity contribution in [1.29, 1.82) is 0 Å². The zero-order chi connectivity index (χ0) is 15.0. The number of rotatable bonds is 3. The van der Waals surface area contributed by atoms with Gasteiger partial charge >= 0.3 is 0 Å². The summed E-state index contributed by atoms with van der Waals surface area (Å²) in [5.41, 5.74) is 1.66. The van der Waals surface area contributed by atoms with Gasteiger partial charge in [0.2, 0.25) is 0 Å². The number of methoxy groups -OCH3 is 1. The second kappa shape index (κ2) is 4.93. The zero-order valence-corrected chi connectivity index (χ0v) is 12.6. The molecule has 0 aliphatic carbocycles. The molecule has 0 amide bonds. The Bertz CT molecular complexity index is 893. The number of nitrogens with zero attached hydrogens (tertiary/aromatic N) is 1. The smallest absolute Gasteiger partial charge is 0.268 e. The van der Waals surface area contributed by atoms with Gasteiger partial charge in [0.05, 0.1) is 17.5 Å². The van der Waals surface area contributed by atoms with Crippen LogP contribution in [0.2, 0.25) is 0 Å². The van der Waals surface area contributed by atoms with E-state index in [2.05, 4.69) is 0 Å². The Morgan fingerprint density at radius 1 is 1.00 bits per heavy atom. The SMILES string of the molecule is COc1ccc2c(ccn2S(=O)(=O)c2ccc(C)cc2)c1. The Labute approximate surface area is 123 Å². The maximum Gasteiger partial charge on any atom is 0.268 e. The van der Waals surface area contributed by atoms with E-state index in [1.165, 1.54) is 3.97 Å². The van der Waals surface area contributed by atoms with Crippen molar-refractivity contribution < 1.29 is 13.2 Å². The van der Waals surface area contributed by atoms with Crippen LogP contribution >= 0.6 is 0 Å². The Morgan fingerprint density at radius 3 is 2.38 bits per heavy atom. The Balaban J connectivity index is 2.17. The zero-order valence-electron chi connectivity index (χ0n) is 11.8. The molecule has 0 aliphatic heterocycles. The molecule has 0 atom stereocenters. The van der Waals surface area contributed by atoms with E-state index in [1.807, 2.05) is 13.0 Å². The summed E-state index contributed by atoms with van der Waals surface area (Å²) < 4.78 is 31.9. The van der Waals surface area contributed by atoms with Crippen LogP contribution in [0.15, 0.2) is 59.6 Å². The molecule has 0 aliphatic rings. The maximum absolute atomic E-state index is 12.7. The van der Waals surface area contributed by atoms with Gasteiger partial charge in [-0.15, -0.1) is 0 Å². The lowest BCUT2D eigenvalue weighted by Crippen LogP contribution is -2.11. The van der Waals surface area contributed by atoms with Crippen LogP contribution in [0.25, 0.3) is 10.9 Å². The predicted octanol–water partition coefficient (Wildman–Crippen LogP) is 3.20. The highest BCUT2D eigenvalue weighted by atomic mass is 32.2. The van der Waals surface area contributed by atoms with E-state index < -0.39 is 10.0 Å². The summed E-state index contributed by atoms with van der Waals surface area (Å²) in [5, 5.41) is 0.824. The third kappa shape index (κ3) is 2.29. The van der Waals surface area contributed by atoms with E-state index in [-0.39, 0.29) is 4.90 Å². The van der Waals surface area contributed by atoms with Crippen LogP contribution in [0, 0.1) is 6.92 Å². The lowest BCUT2D eigenvalue weighted by Gasteiger charge is -2.08. The molecule has 0 bridgehead atoms. The topological polar surface area (TPSA) is 48.3 Å². The van der Waals surface area contributed by atoms with Gasteiger partial charge in [-0.25, -0.2) is 12.4 Å². The predicted molar refractivity (Wildman–Crippen MR) is 82.3 cm³/mol. The van der Waals surface area contributed by atoms with E-state index in [0.29, 0.717) is 11.3 Å². The fourth-order valence-electron chi connectivity index (χ4n) is 2.26. The first-order valence-electron chi connectivity index (χ1n) is 6.50. The molecule has 0 N–H and O–H groups in total. The third-order valence-electron chi connectivity index (χ3n) is 3.44. The van der Waals surface area contributed by atoms with Crippen molar-refractivity contribution in [2.24, 2.45) is 0 Å². The first-order valence-corrected chi connectivity index (χ1v) is 7.94. The highest BCUT2D eigenvalue weighted by molar-refractivity contribution is 7.90. The molecule has 1 heterocycles. The van der Waals surface area contributed by atoms with Crippen molar-refractivity contribution >= 4 is 20.9 Å². The number of hydrogen-bond donors (Lipinski definition) is 0. The van der Waals surface area contributed by atoms with Crippen molar-refractivity contribution in [2.75, 3.05) is 7.11 Å². The maximum atomic E-state index is 12.7. The molecule has 108 valence electrons. The number of fused-ring (bicyclic) bond motifs is 1. The van der Waals surface area contributed by atoms with Crippen molar-refractivity contribution in [1.82, 2.24) is 3.97 Å². The Kier molecular flexibility index (Phi) is 3.22. The Hall–Kier alpha value is -2.27. The lowest BCUT2D eigenvalue weighted by molar-refractivity contribution is 0.415. The monoisotopic (exact) mass is 301 g/mol. The fourth-order valence-corrected chi connectivity index (χ4v) is 3.61. The summed E-state index contributed by atoms with van der Waals surface area (Å²) in [6.45, 7) is 1.92. The molecule has 0 fully saturated rings. The molecule has 0 unspecified atom stereocenters. The highest BCUT2D eigenvalue weighted by Gasteiger charge is 2.18. The average molecular weight is 301 g/mol. The molecule has 2 aromatic carbocycles. The van der Waals surface area contributed by atoms with Gasteiger partial charge in [0.15, 0.2) is 0 Å². The van der Waals surface area contributed by atoms with Gasteiger partial charge in [0.25, 0.3) is 10.0 Å². The molecule has 0 saturated carbocycles. The summed E-state index contributed by atoms with van der Waals surface area (Å²) in [6, 6.07) is 13.9. The molecule has 0 saturated heterocycles. The normalized spacial score (nSPS) is 11.7. The molecule has 4 nitrogen and oxygen atoms in total. The molecule has 5 heteroatoms. The highest BCUT2D eigenvalue weighted by Crippen LogP contribution is 2.25. The first-order chi connectivity index (χ1) is 10.0. The fraction of sp³-hybridized carbons (Fsp3) is 0.125. The second-order valence-electron chi connectivity index (χ2n) is 4.85. The van der Waals surface area contributed by atoms with Crippen LogP contribution in [0.1, 0.15) is 5.56 Å². The van der Waals surface area contributed by atoms with E-state index >= 15 is 0 Å². The number of hydrogen-bond acceptors (Lipinski definition) is 3. The van der Waals surface area contributed by atoms with Crippen molar-refractivity contribution in [3.05, 3.63) is 60.3 Å². The van der Waals surface area contributed by atoms with Crippen LogP contribution < -0.4 is 4.74 Å². The van der Waals surface area contributed by atoms with Gasteiger partial charge in [0.1, 0.15) is 5.75 Å². The summed E-state index contributed by atoms with van der Waals surface area (Å²) in [5.74, 6) is 0.702. The molecule has 3 aromatic rings. The van der Waals surface area contributed by atoms with Crippen LogP contribution in [0.5, 0.6) is 5.75 Å². The molecule has 1 aromatic heterocycles. The standard InChI is InChI=1S/C16H15NO3S/c1-12-3-6-15(7-4-12)21(18,19)17-10-9-13-11-14(20-2)5-8-16(13)17/h3-11H,1-2H3. The quantitative estimate of drug-likeness (QED) is 0.746. The Morgan fingerprint density at radius 2 is 1.71 bits per heavy atom. The third-order valence-corrected chi connectivity index (χ3v) is 5.14. The van der Waals surface area contributed by atoms with Crippen LogP contribution in [0.4, 0.5) is 0 Å². The minimum atomic E-state index is -3.58. The number of ether oxygens (including phenoxy) is 1. The van der Waals surface area contributed by atoms with Crippen molar-refractivity contribution in [2.45, 2.75) is 11.8 Å². The number of aryl methyl sites for hydroxylation is 1. The van der Waals surface area contributed by atoms with E-state index in [0.717, 1.165) is 10.9 Å². The van der Waals surface area contributed by atoms with Gasteiger partial charge in [-0.05, 0) is 43.3 Å². The summed E-state index contributed by atoms with van der Waals surface area (Å²) >= 11 is 0. The van der Waals surface area contributed by atoms with E-state index in [1.54, 1.807) is 55.8 Å². The van der Waals surface area contributed by atoms with Gasteiger partial charge in [-0.1, -0.05) is 17.7 Å². The summed E-state index contributed by atoms with van der Waals surface area (Å²) in [4.78, 5) is 0.279. The van der Waals surface area contributed by atoms with Gasteiger partial charge in [0, 0.05) is 11.6 Å². The molecular weight excluding hydrogens is 286 g/mol. The van der Waals surface area contributed by atoms with Crippen LogP contribution in [0.3, 0.4) is 0 Å². The molecule has 0 radical (unpaired) electrons. The number of benzene rings is 2. The van der Waals surface area contributed by atoms with Gasteiger partial charge in [-0.3, -0.25) is 0 Å². The van der Waals surface area contributed by atoms with E-state index in [9.17, 15) is 8.42 Å². The minimum absolute atomic E-state index is 0.279. The van der Waals surface area contributed by atoms with Crippen molar-refractivity contribution in [3.63, 3.8) is 0 Å². The molecular formula is C16H15NO3S. The summed E-state index contributed by atoms with van der Waals surface area (Å²) in [6.07, 6.45) is 1.57. The van der Waals surface area contributed by atoms with Gasteiger partial charge in [-0.2, -0.15) is 0 Å². The van der Waals surface area contributed by atoms with Crippen LogP contribution in [-0.4, -0.2) is 19.5 Å². The molecule has 0 spiro atoms. The summed E-state index contributed by atoms with van der Waals surface area (Å²) in [7, 11) is -2.00. The lowest BCUT2D eigenvalue weighted by atomic mass is 10.2. The van der Waals surface area contributed by atoms with Gasteiger partial charge < -0.3 is 4.74 Å². The van der Waals surface area contributed by atoms with Crippen LogP contribution in [-0.2, 0) is 10.0 Å².